The molecule has 1 aliphatic carbocycles. The highest BCUT2D eigenvalue weighted by atomic mass is 32.2. The average Bonchev–Trinajstić information content (AvgIpc) is 2.57. The van der Waals surface area contributed by atoms with E-state index >= 15 is 0 Å². The number of unbranched alkanes of at least 4 members (excludes halogenated alkanes) is 2. The van der Waals surface area contributed by atoms with Crippen molar-refractivity contribution in [3.05, 3.63) is 53.6 Å². The van der Waals surface area contributed by atoms with Crippen molar-refractivity contribution in [2.24, 2.45) is 5.41 Å². The highest BCUT2D eigenvalue weighted by molar-refractivity contribution is 7.85. The first-order valence-electron chi connectivity index (χ1n) is 9.28. The van der Waals surface area contributed by atoms with Crippen molar-refractivity contribution in [2.45, 2.75) is 63.9 Å². The van der Waals surface area contributed by atoms with Gasteiger partial charge in [0, 0.05) is 16.7 Å². The second-order valence-electron chi connectivity index (χ2n) is 7.60. The maximum Gasteiger partial charge on any atom is 0.156 e. The SMILES string of the molecule is CCCC/C=C/[C@@]1(C)CC(=O)C=C(C)[C@]1(O)C[S@@](=O)c1ccc(C)cc1. The summed E-state index contributed by atoms with van der Waals surface area (Å²) in [5.41, 5.74) is -0.361. The van der Waals surface area contributed by atoms with Crippen molar-refractivity contribution in [3.63, 3.8) is 0 Å². The molecule has 1 aliphatic rings. The van der Waals surface area contributed by atoms with Crippen LogP contribution in [0.15, 0.2) is 53.0 Å². The predicted octanol–water partition coefficient (Wildman–Crippen LogP) is 4.51. The zero-order valence-corrected chi connectivity index (χ0v) is 17.1. The van der Waals surface area contributed by atoms with E-state index in [4.69, 9.17) is 0 Å². The molecule has 1 N–H and O–H groups in total. The molecule has 3 atom stereocenters. The number of aryl methyl sites for hydroxylation is 1. The second kappa shape index (κ2) is 8.45. The molecule has 0 fully saturated rings. The molecule has 1 aromatic rings. The van der Waals surface area contributed by atoms with Gasteiger partial charge in [-0.15, -0.1) is 0 Å². The normalized spacial score (nSPS) is 27.6. The smallest absolute Gasteiger partial charge is 0.156 e. The average molecular weight is 375 g/mol. The van der Waals surface area contributed by atoms with Crippen LogP contribution in [0.1, 0.15) is 52.0 Å². The lowest BCUT2D eigenvalue weighted by Gasteiger charge is -2.46. The molecule has 26 heavy (non-hydrogen) atoms. The fourth-order valence-corrected chi connectivity index (χ4v) is 5.02. The third-order valence-electron chi connectivity index (χ3n) is 5.35. The highest BCUT2D eigenvalue weighted by Gasteiger charge is 2.51. The fraction of sp³-hybridized carbons (Fsp3) is 0.500. The molecular weight excluding hydrogens is 344 g/mol. The van der Waals surface area contributed by atoms with Crippen LogP contribution >= 0.6 is 0 Å². The molecule has 1 aromatic carbocycles. The van der Waals surface area contributed by atoms with Gasteiger partial charge in [0.25, 0.3) is 0 Å². The van der Waals surface area contributed by atoms with Crippen molar-refractivity contribution in [1.82, 2.24) is 0 Å². The van der Waals surface area contributed by atoms with Crippen LogP contribution in [0.2, 0.25) is 0 Å². The Labute approximate surface area is 159 Å². The molecule has 0 unspecified atom stereocenters. The molecule has 0 saturated heterocycles. The number of hydrogen-bond acceptors (Lipinski definition) is 3. The number of rotatable bonds is 7. The van der Waals surface area contributed by atoms with Gasteiger partial charge in [-0.2, -0.15) is 0 Å². The lowest BCUT2D eigenvalue weighted by Crippen LogP contribution is -2.53. The third kappa shape index (κ3) is 4.41. The number of aliphatic hydroxyl groups is 1. The Morgan fingerprint density at radius 3 is 2.50 bits per heavy atom. The van der Waals surface area contributed by atoms with Gasteiger partial charge in [-0.05, 0) is 44.1 Å². The zero-order valence-electron chi connectivity index (χ0n) is 16.2. The van der Waals surface area contributed by atoms with E-state index in [1.165, 1.54) is 6.08 Å². The quantitative estimate of drug-likeness (QED) is 0.564. The van der Waals surface area contributed by atoms with Crippen molar-refractivity contribution in [3.8, 4) is 0 Å². The summed E-state index contributed by atoms with van der Waals surface area (Å²) in [5, 5.41) is 11.6. The van der Waals surface area contributed by atoms with Gasteiger partial charge in [0.05, 0.1) is 16.6 Å². The third-order valence-corrected chi connectivity index (χ3v) is 6.83. The minimum absolute atomic E-state index is 0.0101. The van der Waals surface area contributed by atoms with Crippen LogP contribution in [0.25, 0.3) is 0 Å². The summed E-state index contributed by atoms with van der Waals surface area (Å²) < 4.78 is 12.9. The molecule has 2 rings (SSSR count). The summed E-state index contributed by atoms with van der Waals surface area (Å²) in [6.45, 7) is 7.78. The summed E-state index contributed by atoms with van der Waals surface area (Å²) in [7, 11) is -1.35. The van der Waals surface area contributed by atoms with Gasteiger partial charge in [-0.25, -0.2) is 0 Å². The molecule has 3 nitrogen and oxygen atoms in total. The molecule has 0 amide bonds. The summed E-state index contributed by atoms with van der Waals surface area (Å²) in [5.74, 6) is 0.0937. The summed E-state index contributed by atoms with van der Waals surface area (Å²) in [6.07, 6.45) is 8.84. The summed E-state index contributed by atoms with van der Waals surface area (Å²) in [6, 6.07) is 7.54. The van der Waals surface area contributed by atoms with Crippen molar-refractivity contribution in [1.29, 1.82) is 0 Å². The first-order chi connectivity index (χ1) is 12.2. The molecule has 0 heterocycles. The molecule has 0 bridgehead atoms. The van der Waals surface area contributed by atoms with Gasteiger partial charge in [0.2, 0.25) is 0 Å². The van der Waals surface area contributed by atoms with Crippen LogP contribution in [0.3, 0.4) is 0 Å². The van der Waals surface area contributed by atoms with Crippen molar-refractivity contribution >= 4 is 16.6 Å². The Morgan fingerprint density at radius 1 is 1.23 bits per heavy atom. The molecular formula is C22H30O3S. The first kappa shape index (κ1) is 20.8. The maximum absolute atomic E-state index is 12.9. The number of carbonyl (C=O) groups excluding carboxylic acids is 1. The standard InChI is InChI=1S/C22H30O3S/c1-5-6-7-8-13-21(4)15-19(23)14-18(3)22(21,24)16-26(25)20-11-9-17(2)10-12-20/h8-14,24H,5-7,15-16H2,1-4H3/b13-8+/t21-,22+,26+/m0/s1. The van der Waals surface area contributed by atoms with Crippen LogP contribution in [-0.4, -0.2) is 26.5 Å². The van der Waals surface area contributed by atoms with Crippen LogP contribution < -0.4 is 0 Å². The van der Waals surface area contributed by atoms with E-state index in [-0.39, 0.29) is 18.0 Å². The van der Waals surface area contributed by atoms with Crippen LogP contribution in [-0.2, 0) is 15.6 Å². The summed E-state index contributed by atoms with van der Waals surface area (Å²) >= 11 is 0. The Kier molecular flexibility index (Phi) is 6.75. The number of ketones is 1. The van der Waals surface area contributed by atoms with Gasteiger partial charge in [0.1, 0.15) is 5.60 Å². The largest absolute Gasteiger partial charge is 0.384 e. The molecule has 0 aliphatic heterocycles. The minimum atomic E-state index is -1.35. The van der Waals surface area contributed by atoms with E-state index < -0.39 is 21.8 Å². The van der Waals surface area contributed by atoms with Gasteiger partial charge in [-0.1, -0.05) is 56.5 Å². The van der Waals surface area contributed by atoms with Gasteiger partial charge >= 0.3 is 0 Å². The maximum atomic E-state index is 12.9. The predicted molar refractivity (Wildman–Crippen MR) is 108 cm³/mol. The summed E-state index contributed by atoms with van der Waals surface area (Å²) in [4.78, 5) is 12.9. The Balaban J connectivity index is 2.33. The molecule has 0 spiro atoms. The van der Waals surface area contributed by atoms with E-state index in [0.717, 1.165) is 24.8 Å². The number of hydrogen-bond donors (Lipinski definition) is 1. The van der Waals surface area contributed by atoms with Gasteiger partial charge in [-0.3, -0.25) is 9.00 Å². The Hall–Kier alpha value is -1.52. The van der Waals surface area contributed by atoms with Crippen LogP contribution in [0, 0.1) is 12.3 Å². The lowest BCUT2D eigenvalue weighted by atomic mass is 9.64. The number of benzene rings is 1. The minimum Gasteiger partial charge on any atom is -0.384 e. The lowest BCUT2D eigenvalue weighted by molar-refractivity contribution is -0.121. The molecule has 0 radical (unpaired) electrons. The molecule has 0 aromatic heterocycles. The zero-order chi connectivity index (χ0) is 19.4. The van der Waals surface area contributed by atoms with Crippen LogP contribution in [0.5, 0.6) is 0 Å². The fourth-order valence-electron chi connectivity index (χ4n) is 3.47. The van der Waals surface area contributed by atoms with Crippen LogP contribution in [0.4, 0.5) is 0 Å². The van der Waals surface area contributed by atoms with E-state index in [9.17, 15) is 14.1 Å². The number of allylic oxidation sites excluding steroid dienone is 2. The van der Waals surface area contributed by atoms with Crippen molar-refractivity contribution < 1.29 is 14.1 Å². The van der Waals surface area contributed by atoms with Gasteiger partial charge < -0.3 is 5.11 Å². The Bertz CT molecular complexity index is 732. The van der Waals surface area contributed by atoms with E-state index in [0.29, 0.717) is 10.5 Å². The Morgan fingerprint density at radius 2 is 1.88 bits per heavy atom. The van der Waals surface area contributed by atoms with E-state index in [1.807, 2.05) is 44.2 Å². The second-order valence-corrected chi connectivity index (χ2v) is 9.05. The van der Waals surface area contributed by atoms with Crippen molar-refractivity contribution in [2.75, 3.05) is 5.75 Å². The number of carbonyl (C=O) groups is 1. The molecule has 4 heteroatoms. The molecule has 0 saturated carbocycles. The first-order valence-corrected chi connectivity index (χ1v) is 10.6. The van der Waals surface area contributed by atoms with Gasteiger partial charge in [0.15, 0.2) is 5.78 Å². The monoisotopic (exact) mass is 374 g/mol. The van der Waals surface area contributed by atoms with E-state index in [2.05, 4.69) is 13.0 Å². The molecule has 142 valence electrons. The highest BCUT2D eigenvalue weighted by Crippen LogP contribution is 2.45. The topological polar surface area (TPSA) is 54.4 Å². The van der Waals surface area contributed by atoms with E-state index in [1.54, 1.807) is 6.92 Å².